The summed E-state index contributed by atoms with van der Waals surface area (Å²) in [4.78, 5) is 37.0. The number of carbonyl (C=O) groups excluding carboxylic acids is 2. The first kappa shape index (κ1) is 19.1. The first-order valence-electron chi connectivity index (χ1n) is 7.96. The lowest BCUT2D eigenvalue weighted by molar-refractivity contribution is -0.385. The van der Waals surface area contributed by atoms with Crippen LogP contribution in [-0.4, -0.2) is 41.7 Å². The summed E-state index contributed by atoms with van der Waals surface area (Å²) in [5.74, 6) is -0.620. The summed E-state index contributed by atoms with van der Waals surface area (Å²) in [6.45, 7) is 3.54. The molecular weight excluding hydrogens is 336 g/mol. The van der Waals surface area contributed by atoms with E-state index in [2.05, 4.69) is 0 Å². The minimum atomic E-state index is -0.716. The number of likely N-dealkylation sites (N-methyl/N-ethyl adjacent to an activating group) is 1. The van der Waals surface area contributed by atoms with Gasteiger partial charge in [0, 0.05) is 24.2 Å². The van der Waals surface area contributed by atoms with E-state index in [-0.39, 0.29) is 22.8 Å². The molecule has 0 bridgehead atoms. The van der Waals surface area contributed by atoms with Crippen molar-refractivity contribution in [2.75, 3.05) is 14.2 Å². The van der Waals surface area contributed by atoms with Crippen LogP contribution in [0.5, 0.6) is 5.75 Å². The van der Waals surface area contributed by atoms with Gasteiger partial charge in [-0.15, -0.1) is 0 Å². The summed E-state index contributed by atoms with van der Waals surface area (Å²) in [5.41, 5.74) is 1.35. The number of rotatable bonds is 6. The number of aryl methyl sites for hydroxylation is 1. The monoisotopic (exact) mass is 356 g/mol. The van der Waals surface area contributed by atoms with Gasteiger partial charge in [0.1, 0.15) is 0 Å². The quantitative estimate of drug-likeness (QED) is 0.450. The van der Waals surface area contributed by atoms with Gasteiger partial charge in [0.2, 0.25) is 0 Å². The van der Waals surface area contributed by atoms with E-state index in [0.29, 0.717) is 5.56 Å². The average molecular weight is 356 g/mol. The maximum atomic E-state index is 12.7. The Kier molecular flexibility index (Phi) is 5.71. The van der Waals surface area contributed by atoms with Crippen LogP contribution < -0.4 is 4.74 Å². The molecule has 0 heterocycles. The van der Waals surface area contributed by atoms with Gasteiger partial charge in [-0.25, -0.2) is 0 Å². The topological polar surface area (TPSA) is 89.8 Å². The Morgan fingerprint density at radius 2 is 1.69 bits per heavy atom. The fraction of sp³-hybridized carbons (Fsp3) is 0.263. The molecule has 0 aliphatic carbocycles. The van der Waals surface area contributed by atoms with E-state index in [9.17, 15) is 19.7 Å². The highest BCUT2D eigenvalue weighted by Crippen LogP contribution is 2.28. The number of amides is 1. The summed E-state index contributed by atoms with van der Waals surface area (Å²) >= 11 is 0. The SMILES string of the molecule is COc1ccc(C(=O)N(C)C(C)C(=O)c2ccc(C)cc2)cc1[N+](=O)[O-]. The summed E-state index contributed by atoms with van der Waals surface area (Å²) in [6.07, 6.45) is 0. The molecule has 7 nitrogen and oxygen atoms in total. The van der Waals surface area contributed by atoms with Crippen LogP contribution in [0.3, 0.4) is 0 Å². The fourth-order valence-corrected chi connectivity index (χ4v) is 2.48. The predicted molar refractivity (Wildman–Crippen MR) is 96.7 cm³/mol. The molecule has 0 fully saturated rings. The smallest absolute Gasteiger partial charge is 0.311 e. The van der Waals surface area contributed by atoms with Gasteiger partial charge in [0.05, 0.1) is 18.1 Å². The van der Waals surface area contributed by atoms with E-state index in [1.807, 2.05) is 19.1 Å². The zero-order valence-electron chi connectivity index (χ0n) is 15.1. The van der Waals surface area contributed by atoms with Crippen molar-refractivity contribution in [1.82, 2.24) is 4.90 Å². The molecule has 1 amide bonds. The Morgan fingerprint density at radius 1 is 1.12 bits per heavy atom. The van der Waals surface area contributed by atoms with Gasteiger partial charge in [0.25, 0.3) is 5.91 Å². The van der Waals surface area contributed by atoms with Gasteiger partial charge in [-0.2, -0.15) is 0 Å². The molecule has 1 atom stereocenters. The van der Waals surface area contributed by atoms with E-state index in [0.717, 1.165) is 11.6 Å². The van der Waals surface area contributed by atoms with Crippen molar-refractivity contribution < 1.29 is 19.2 Å². The van der Waals surface area contributed by atoms with E-state index in [1.54, 1.807) is 19.1 Å². The lowest BCUT2D eigenvalue weighted by atomic mass is 10.0. The van der Waals surface area contributed by atoms with Gasteiger partial charge in [0.15, 0.2) is 11.5 Å². The Hall–Kier alpha value is -3.22. The van der Waals surface area contributed by atoms with Crippen molar-refractivity contribution in [3.63, 3.8) is 0 Å². The number of Topliss-reactive ketones (excluding diaryl/α,β-unsaturated/α-hetero) is 1. The standard InChI is InChI=1S/C19H20N2O5/c1-12-5-7-14(8-6-12)18(22)13(2)20(3)19(23)15-9-10-17(26-4)16(11-15)21(24)25/h5-11,13H,1-4H3. The number of ketones is 1. The van der Waals surface area contributed by atoms with Crippen molar-refractivity contribution in [2.24, 2.45) is 0 Å². The minimum absolute atomic E-state index is 0.0676. The highest BCUT2D eigenvalue weighted by molar-refractivity contribution is 6.04. The highest BCUT2D eigenvalue weighted by atomic mass is 16.6. The summed E-state index contributed by atoms with van der Waals surface area (Å²) in [6, 6.07) is 10.3. The number of carbonyl (C=O) groups is 2. The Labute approximate surface area is 151 Å². The van der Waals surface area contributed by atoms with E-state index >= 15 is 0 Å². The van der Waals surface area contributed by atoms with Crippen molar-refractivity contribution in [3.05, 3.63) is 69.3 Å². The fourth-order valence-electron chi connectivity index (χ4n) is 2.48. The van der Waals surface area contributed by atoms with Crippen LogP contribution in [0.4, 0.5) is 5.69 Å². The van der Waals surface area contributed by atoms with Crippen LogP contribution in [-0.2, 0) is 0 Å². The Balaban J connectivity index is 2.25. The number of nitro benzene ring substituents is 1. The Morgan fingerprint density at radius 3 is 2.23 bits per heavy atom. The molecule has 2 aromatic carbocycles. The second-order valence-electron chi connectivity index (χ2n) is 5.97. The Bertz CT molecular complexity index is 846. The molecule has 0 aliphatic heterocycles. The summed E-state index contributed by atoms with van der Waals surface area (Å²) < 4.78 is 4.93. The van der Waals surface area contributed by atoms with E-state index < -0.39 is 16.9 Å². The van der Waals surface area contributed by atoms with Crippen molar-refractivity contribution in [2.45, 2.75) is 19.9 Å². The molecule has 2 rings (SSSR count). The molecule has 0 spiro atoms. The molecular formula is C19H20N2O5. The molecule has 1 unspecified atom stereocenters. The average Bonchev–Trinajstić information content (AvgIpc) is 2.65. The molecule has 0 N–H and O–H groups in total. The predicted octanol–water partition coefficient (Wildman–Crippen LogP) is 3.26. The summed E-state index contributed by atoms with van der Waals surface area (Å²) in [7, 11) is 2.81. The molecule has 0 saturated heterocycles. The lowest BCUT2D eigenvalue weighted by Crippen LogP contribution is -2.40. The van der Waals surface area contributed by atoms with Gasteiger partial charge < -0.3 is 9.64 Å². The number of methoxy groups -OCH3 is 1. The van der Waals surface area contributed by atoms with Crippen LogP contribution in [0.25, 0.3) is 0 Å². The van der Waals surface area contributed by atoms with Gasteiger partial charge in [-0.1, -0.05) is 29.8 Å². The maximum absolute atomic E-state index is 12.7. The third-order valence-electron chi connectivity index (χ3n) is 4.24. The zero-order valence-corrected chi connectivity index (χ0v) is 15.1. The zero-order chi connectivity index (χ0) is 19.4. The molecule has 0 radical (unpaired) electrons. The minimum Gasteiger partial charge on any atom is -0.490 e. The van der Waals surface area contributed by atoms with Gasteiger partial charge >= 0.3 is 5.69 Å². The first-order chi connectivity index (χ1) is 12.3. The lowest BCUT2D eigenvalue weighted by Gasteiger charge is -2.24. The van der Waals surface area contributed by atoms with Crippen molar-refractivity contribution in [3.8, 4) is 5.75 Å². The molecule has 0 saturated carbocycles. The number of hydrogen-bond acceptors (Lipinski definition) is 5. The normalized spacial score (nSPS) is 11.5. The second-order valence-corrected chi connectivity index (χ2v) is 5.97. The molecule has 0 aliphatic rings. The highest BCUT2D eigenvalue weighted by Gasteiger charge is 2.26. The first-order valence-corrected chi connectivity index (χ1v) is 7.96. The number of nitrogens with zero attached hydrogens (tertiary/aromatic N) is 2. The van der Waals surface area contributed by atoms with Gasteiger partial charge in [-0.3, -0.25) is 19.7 Å². The maximum Gasteiger partial charge on any atom is 0.311 e. The van der Waals surface area contributed by atoms with Crippen LogP contribution in [0.2, 0.25) is 0 Å². The molecule has 0 aromatic heterocycles. The van der Waals surface area contributed by atoms with E-state index in [4.69, 9.17) is 4.74 Å². The van der Waals surface area contributed by atoms with Crippen molar-refractivity contribution >= 4 is 17.4 Å². The molecule has 26 heavy (non-hydrogen) atoms. The second kappa shape index (κ2) is 7.77. The molecule has 2 aromatic rings. The number of benzene rings is 2. The van der Waals surface area contributed by atoms with Crippen molar-refractivity contribution in [1.29, 1.82) is 0 Å². The number of hydrogen-bond donors (Lipinski definition) is 0. The third-order valence-corrected chi connectivity index (χ3v) is 4.24. The third kappa shape index (κ3) is 3.88. The molecule has 7 heteroatoms. The van der Waals surface area contributed by atoms with Crippen LogP contribution in [0.15, 0.2) is 42.5 Å². The van der Waals surface area contributed by atoms with Crippen LogP contribution in [0, 0.1) is 17.0 Å². The summed E-state index contributed by atoms with van der Waals surface area (Å²) in [5, 5.41) is 11.1. The van der Waals surface area contributed by atoms with E-state index in [1.165, 1.54) is 31.2 Å². The number of nitro groups is 1. The van der Waals surface area contributed by atoms with Crippen LogP contribution >= 0.6 is 0 Å². The number of ether oxygens (including phenoxy) is 1. The molecule has 136 valence electrons. The largest absolute Gasteiger partial charge is 0.490 e. The van der Waals surface area contributed by atoms with Crippen LogP contribution in [0.1, 0.15) is 33.2 Å². The van der Waals surface area contributed by atoms with Gasteiger partial charge in [-0.05, 0) is 26.0 Å².